The first kappa shape index (κ1) is 15.2. The number of rotatable bonds is 6. The second-order valence-corrected chi connectivity index (χ2v) is 4.95. The van der Waals surface area contributed by atoms with Gasteiger partial charge in [-0.2, -0.15) is 13.2 Å². The first-order valence-electron chi connectivity index (χ1n) is 5.55. The Kier molecular flexibility index (Phi) is 5.81. The van der Waals surface area contributed by atoms with Crippen LogP contribution in [0, 0.1) is 6.92 Å². The van der Waals surface area contributed by atoms with Gasteiger partial charge >= 0.3 is 5.51 Å². The van der Waals surface area contributed by atoms with Crippen molar-refractivity contribution in [3.8, 4) is 5.75 Å². The Hall–Kier alpha value is -0.880. The van der Waals surface area contributed by atoms with Crippen LogP contribution in [0.25, 0.3) is 0 Å². The minimum absolute atomic E-state index is 0.0325. The maximum Gasteiger partial charge on any atom is 0.441 e. The van der Waals surface area contributed by atoms with Crippen LogP contribution in [0.5, 0.6) is 5.75 Å². The normalized spacial score (nSPS) is 11.6. The number of thioether (sulfide) groups is 1. The van der Waals surface area contributed by atoms with Gasteiger partial charge in [0.2, 0.25) is 0 Å². The summed E-state index contributed by atoms with van der Waals surface area (Å²) in [5, 5.41) is 0. The molecule has 0 aliphatic carbocycles. The van der Waals surface area contributed by atoms with Crippen LogP contribution in [-0.4, -0.2) is 24.4 Å². The number of alkyl halides is 3. The van der Waals surface area contributed by atoms with E-state index >= 15 is 0 Å². The molecule has 0 saturated heterocycles. The molecule has 2 N–H and O–H groups in total. The van der Waals surface area contributed by atoms with Crippen molar-refractivity contribution in [3.05, 3.63) is 29.3 Å². The standard InChI is InChI=1S/C12H16F3NOS/c1-9-2-3-11(10(8-9)4-5-16)17-6-7-18-12(13,14)15/h2-3,8H,4-7,16H2,1H3. The Morgan fingerprint density at radius 1 is 1.33 bits per heavy atom. The molecule has 1 aromatic carbocycles. The molecular formula is C12H16F3NOS. The van der Waals surface area contributed by atoms with Crippen molar-refractivity contribution in [2.24, 2.45) is 5.73 Å². The Balaban J connectivity index is 2.51. The van der Waals surface area contributed by atoms with E-state index in [4.69, 9.17) is 10.5 Å². The first-order valence-corrected chi connectivity index (χ1v) is 6.54. The van der Waals surface area contributed by atoms with E-state index in [1.54, 1.807) is 6.07 Å². The van der Waals surface area contributed by atoms with Gasteiger partial charge in [-0.05, 0) is 43.3 Å². The van der Waals surface area contributed by atoms with Gasteiger partial charge in [-0.3, -0.25) is 0 Å². The van der Waals surface area contributed by atoms with E-state index in [0.717, 1.165) is 11.1 Å². The number of halogens is 3. The van der Waals surface area contributed by atoms with Crippen molar-refractivity contribution >= 4 is 11.8 Å². The zero-order chi connectivity index (χ0) is 13.6. The number of nitrogens with two attached hydrogens (primary N) is 1. The van der Waals surface area contributed by atoms with Gasteiger partial charge in [-0.25, -0.2) is 0 Å². The molecule has 0 bridgehead atoms. The summed E-state index contributed by atoms with van der Waals surface area (Å²) in [6.07, 6.45) is 0.656. The summed E-state index contributed by atoms with van der Waals surface area (Å²) in [6.45, 7) is 2.46. The quantitative estimate of drug-likeness (QED) is 0.813. The summed E-state index contributed by atoms with van der Waals surface area (Å²) in [6, 6.07) is 5.59. The molecule has 0 heterocycles. The first-order chi connectivity index (χ1) is 8.42. The monoisotopic (exact) mass is 279 g/mol. The molecule has 0 aliphatic rings. The molecule has 1 rings (SSSR count). The lowest BCUT2D eigenvalue weighted by Gasteiger charge is -2.12. The highest BCUT2D eigenvalue weighted by Crippen LogP contribution is 2.30. The highest BCUT2D eigenvalue weighted by Gasteiger charge is 2.27. The molecule has 0 atom stereocenters. The summed E-state index contributed by atoms with van der Waals surface area (Å²) in [7, 11) is 0. The highest BCUT2D eigenvalue weighted by atomic mass is 32.2. The predicted molar refractivity (Wildman–Crippen MR) is 67.9 cm³/mol. The van der Waals surface area contributed by atoms with Crippen molar-refractivity contribution in [1.82, 2.24) is 0 Å². The molecule has 18 heavy (non-hydrogen) atoms. The number of ether oxygens (including phenoxy) is 1. The molecule has 0 aliphatic heterocycles. The predicted octanol–water partition coefficient (Wildman–Crippen LogP) is 3.13. The fourth-order valence-corrected chi connectivity index (χ4v) is 1.91. The molecule has 0 radical (unpaired) electrons. The summed E-state index contributed by atoms with van der Waals surface area (Å²) < 4.78 is 41.1. The maximum absolute atomic E-state index is 11.9. The maximum atomic E-state index is 11.9. The van der Waals surface area contributed by atoms with Crippen LogP contribution in [0.4, 0.5) is 13.2 Å². The SMILES string of the molecule is Cc1ccc(OCCSC(F)(F)F)c(CCN)c1. The van der Waals surface area contributed by atoms with Crippen LogP contribution in [0.2, 0.25) is 0 Å². The van der Waals surface area contributed by atoms with Gasteiger partial charge in [0, 0.05) is 5.75 Å². The fourth-order valence-electron chi connectivity index (χ4n) is 1.51. The molecule has 2 nitrogen and oxygen atoms in total. The molecule has 0 aromatic heterocycles. The zero-order valence-electron chi connectivity index (χ0n) is 10.1. The molecule has 102 valence electrons. The van der Waals surface area contributed by atoms with Crippen LogP contribution in [-0.2, 0) is 6.42 Å². The van der Waals surface area contributed by atoms with Crippen LogP contribution in [0.1, 0.15) is 11.1 Å². The van der Waals surface area contributed by atoms with E-state index in [2.05, 4.69) is 0 Å². The van der Waals surface area contributed by atoms with Gasteiger partial charge in [0.05, 0.1) is 6.61 Å². The van der Waals surface area contributed by atoms with Gasteiger partial charge < -0.3 is 10.5 Å². The smallest absolute Gasteiger partial charge is 0.441 e. The van der Waals surface area contributed by atoms with Crippen molar-refractivity contribution in [1.29, 1.82) is 0 Å². The molecule has 0 fully saturated rings. The van der Waals surface area contributed by atoms with Crippen LogP contribution in [0.15, 0.2) is 18.2 Å². The van der Waals surface area contributed by atoms with Gasteiger partial charge in [-0.15, -0.1) is 0 Å². The second-order valence-electron chi connectivity index (χ2n) is 3.79. The van der Waals surface area contributed by atoms with Gasteiger partial charge in [0.1, 0.15) is 5.75 Å². The molecule has 6 heteroatoms. The third kappa shape index (κ3) is 5.64. The zero-order valence-corrected chi connectivity index (χ0v) is 10.9. The van der Waals surface area contributed by atoms with Crippen LogP contribution >= 0.6 is 11.8 Å². The van der Waals surface area contributed by atoms with E-state index in [0.29, 0.717) is 18.7 Å². The van der Waals surface area contributed by atoms with Crippen molar-refractivity contribution in [3.63, 3.8) is 0 Å². The van der Waals surface area contributed by atoms with E-state index in [1.807, 2.05) is 19.1 Å². The molecule has 1 aromatic rings. The molecular weight excluding hydrogens is 263 g/mol. The number of hydrogen-bond donors (Lipinski definition) is 1. The van der Waals surface area contributed by atoms with Gasteiger partial charge in [0.25, 0.3) is 0 Å². The fraction of sp³-hybridized carbons (Fsp3) is 0.500. The highest BCUT2D eigenvalue weighted by molar-refractivity contribution is 8.00. The Morgan fingerprint density at radius 3 is 2.67 bits per heavy atom. The van der Waals surface area contributed by atoms with E-state index in [9.17, 15) is 13.2 Å². The number of hydrogen-bond acceptors (Lipinski definition) is 3. The second kappa shape index (κ2) is 6.89. The molecule has 0 unspecified atom stereocenters. The lowest BCUT2D eigenvalue weighted by atomic mass is 10.1. The van der Waals surface area contributed by atoms with Crippen molar-refractivity contribution < 1.29 is 17.9 Å². The average Bonchev–Trinajstić information content (AvgIpc) is 2.26. The number of aryl methyl sites for hydroxylation is 1. The van der Waals surface area contributed by atoms with Crippen molar-refractivity contribution in [2.45, 2.75) is 18.9 Å². The summed E-state index contributed by atoms with van der Waals surface area (Å²) in [5.41, 5.74) is 3.30. The van der Waals surface area contributed by atoms with Crippen molar-refractivity contribution in [2.75, 3.05) is 18.9 Å². The Morgan fingerprint density at radius 2 is 2.06 bits per heavy atom. The minimum Gasteiger partial charge on any atom is -0.492 e. The average molecular weight is 279 g/mol. The van der Waals surface area contributed by atoms with E-state index in [1.165, 1.54) is 0 Å². The number of benzene rings is 1. The minimum atomic E-state index is -4.20. The topological polar surface area (TPSA) is 35.2 Å². The lowest BCUT2D eigenvalue weighted by Crippen LogP contribution is -2.10. The molecule has 0 saturated carbocycles. The van der Waals surface area contributed by atoms with Crippen LogP contribution < -0.4 is 10.5 Å². The lowest BCUT2D eigenvalue weighted by molar-refractivity contribution is -0.0329. The van der Waals surface area contributed by atoms with Gasteiger partial charge in [-0.1, -0.05) is 17.7 Å². The Labute approximate surface area is 109 Å². The summed E-state index contributed by atoms with van der Waals surface area (Å²) >= 11 is -0.0745. The van der Waals surface area contributed by atoms with Crippen LogP contribution in [0.3, 0.4) is 0 Å². The van der Waals surface area contributed by atoms with E-state index < -0.39 is 5.51 Å². The van der Waals surface area contributed by atoms with E-state index in [-0.39, 0.29) is 24.1 Å². The molecule has 0 amide bonds. The summed E-state index contributed by atoms with van der Waals surface area (Å²) in [5.74, 6) is 0.508. The largest absolute Gasteiger partial charge is 0.492 e. The third-order valence-electron chi connectivity index (χ3n) is 2.24. The third-order valence-corrected chi connectivity index (χ3v) is 2.93. The van der Waals surface area contributed by atoms with Gasteiger partial charge in [0.15, 0.2) is 0 Å². The summed E-state index contributed by atoms with van der Waals surface area (Å²) in [4.78, 5) is 0. The Bertz CT molecular complexity index is 382. The molecule has 0 spiro atoms.